The Morgan fingerprint density at radius 1 is 1.33 bits per heavy atom. The first kappa shape index (κ1) is 15.2. The fourth-order valence-electron chi connectivity index (χ4n) is 0.636. The molecule has 0 spiro atoms. The van der Waals surface area contributed by atoms with Gasteiger partial charge in [-0.2, -0.15) is 14.0 Å². The molecule has 15 heavy (non-hydrogen) atoms. The molecular weight excluding hydrogens is 250 g/mol. The van der Waals surface area contributed by atoms with Crippen molar-refractivity contribution in [3.63, 3.8) is 0 Å². The molecule has 1 unspecified atom stereocenters. The van der Waals surface area contributed by atoms with Crippen molar-refractivity contribution in [3.05, 3.63) is 0 Å². The summed E-state index contributed by atoms with van der Waals surface area (Å²) >= 11 is 0. The van der Waals surface area contributed by atoms with E-state index in [1.54, 1.807) is 7.05 Å². The molecule has 1 atom stereocenters. The largest absolute Gasteiger partial charge is 0.497 e. The van der Waals surface area contributed by atoms with Crippen molar-refractivity contribution in [1.29, 1.82) is 0 Å². The molecular formula is C4H14N2O7P2. The highest BCUT2D eigenvalue weighted by molar-refractivity contribution is 7.60. The van der Waals surface area contributed by atoms with E-state index in [0.717, 1.165) is 5.06 Å². The van der Waals surface area contributed by atoms with Crippen molar-refractivity contribution in [2.24, 2.45) is 0 Å². The van der Waals surface area contributed by atoms with Crippen LogP contribution in [0.4, 0.5) is 0 Å². The number of hydroxylamine groups is 2. The van der Waals surface area contributed by atoms with Crippen molar-refractivity contribution in [2.45, 2.75) is 0 Å². The number of nitrogens with one attached hydrogen (secondary N) is 1. The van der Waals surface area contributed by atoms with Gasteiger partial charge in [0.2, 0.25) is 0 Å². The molecule has 0 radical (unpaired) electrons. The number of hydrogen-bond acceptors (Lipinski definition) is 6. The van der Waals surface area contributed by atoms with E-state index in [1.807, 2.05) is 0 Å². The molecule has 0 aromatic rings. The van der Waals surface area contributed by atoms with Gasteiger partial charge in [-0.1, -0.05) is 0 Å². The average Bonchev–Trinajstić information content (AvgIpc) is 1.94. The second-order valence-electron chi connectivity index (χ2n) is 2.58. The van der Waals surface area contributed by atoms with Gasteiger partial charge in [0.1, 0.15) is 0 Å². The minimum atomic E-state index is -5.05. The van der Waals surface area contributed by atoms with E-state index < -0.39 is 15.6 Å². The van der Waals surface area contributed by atoms with E-state index >= 15 is 0 Å². The van der Waals surface area contributed by atoms with Crippen molar-refractivity contribution in [3.8, 4) is 0 Å². The number of phosphoric acid groups is 2. The molecule has 0 aliphatic rings. The van der Waals surface area contributed by atoms with Crippen molar-refractivity contribution < 1.29 is 32.7 Å². The highest BCUT2D eigenvalue weighted by atomic mass is 31.3. The van der Waals surface area contributed by atoms with E-state index in [0.29, 0.717) is 6.54 Å². The van der Waals surface area contributed by atoms with Gasteiger partial charge in [-0.15, -0.1) is 0 Å². The summed E-state index contributed by atoms with van der Waals surface area (Å²) in [5, 5.41) is 3.68. The molecule has 11 heteroatoms. The first-order valence-corrected chi connectivity index (χ1v) is 6.84. The topological polar surface area (TPSA) is 129 Å². The number of nitrogens with zero attached hydrogens (tertiary/aromatic N) is 1. The molecule has 0 saturated carbocycles. The second-order valence-corrected chi connectivity index (χ2v) is 5.31. The zero-order chi connectivity index (χ0) is 12.1. The second kappa shape index (κ2) is 6.05. The molecule has 0 aromatic carbocycles. The summed E-state index contributed by atoms with van der Waals surface area (Å²) in [7, 11) is -6.84. The summed E-state index contributed by atoms with van der Waals surface area (Å²) in [6.45, 7) is 0.706. The number of rotatable bonds is 7. The number of likely N-dealkylation sites (N-methyl/N-ethyl adjacent to an activating group) is 2. The van der Waals surface area contributed by atoms with Crippen LogP contribution in [0.3, 0.4) is 0 Å². The predicted octanol–water partition coefficient (Wildman–Crippen LogP) is -0.721. The van der Waals surface area contributed by atoms with E-state index in [4.69, 9.17) is 14.7 Å². The zero-order valence-corrected chi connectivity index (χ0v) is 10.0. The van der Waals surface area contributed by atoms with Gasteiger partial charge in [-0.3, -0.25) is 0 Å². The van der Waals surface area contributed by atoms with Crippen LogP contribution < -0.4 is 5.32 Å². The Balaban J connectivity index is 4.14. The Kier molecular flexibility index (Phi) is 6.12. The standard InChI is InChI=1S/C4H14N2O7P2/c1-5-3-4-6(2)12-15(10,11)13-14(7,8)9/h5H,3-4H2,1-2H3,(H,10,11)(H2,7,8,9). The monoisotopic (exact) mass is 264 g/mol. The lowest BCUT2D eigenvalue weighted by Gasteiger charge is -2.19. The Morgan fingerprint density at radius 2 is 1.87 bits per heavy atom. The van der Waals surface area contributed by atoms with Crippen LogP contribution in [0.25, 0.3) is 0 Å². The maximum atomic E-state index is 11.0. The van der Waals surface area contributed by atoms with Gasteiger partial charge in [0.05, 0.1) is 0 Å². The first-order valence-electron chi connectivity index (χ1n) is 3.81. The van der Waals surface area contributed by atoms with Gasteiger partial charge in [0, 0.05) is 20.1 Å². The van der Waals surface area contributed by atoms with E-state index in [-0.39, 0.29) is 6.54 Å². The Morgan fingerprint density at radius 3 is 2.27 bits per heavy atom. The maximum Gasteiger partial charge on any atom is 0.497 e. The molecule has 0 saturated heterocycles. The Hall–Kier alpha value is 0.180. The van der Waals surface area contributed by atoms with Gasteiger partial charge >= 0.3 is 15.6 Å². The van der Waals surface area contributed by atoms with Crippen LogP contribution in [0.1, 0.15) is 0 Å². The number of hydrogen-bond donors (Lipinski definition) is 4. The van der Waals surface area contributed by atoms with Gasteiger partial charge in [0.25, 0.3) is 0 Å². The maximum absolute atomic E-state index is 11.0. The van der Waals surface area contributed by atoms with Gasteiger partial charge in [0.15, 0.2) is 0 Å². The van der Waals surface area contributed by atoms with Gasteiger partial charge in [-0.05, 0) is 7.05 Å². The van der Waals surface area contributed by atoms with Gasteiger partial charge in [-0.25, -0.2) is 9.13 Å². The predicted molar refractivity (Wildman–Crippen MR) is 50.6 cm³/mol. The van der Waals surface area contributed by atoms with Gasteiger partial charge < -0.3 is 20.0 Å². The smallest absolute Gasteiger partial charge is 0.318 e. The molecule has 0 aliphatic heterocycles. The van der Waals surface area contributed by atoms with Crippen LogP contribution in [0.15, 0.2) is 0 Å². The Labute approximate surface area is 86.8 Å². The van der Waals surface area contributed by atoms with Crippen LogP contribution in [-0.4, -0.2) is 46.9 Å². The minimum Gasteiger partial charge on any atom is -0.318 e. The fourth-order valence-corrected chi connectivity index (χ4v) is 2.26. The third-order valence-corrected chi connectivity index (χ3v) is 3.29. The summed E-state index contributed by atoms with van der Waals surface area (Å²) < 4.78 is 29.1. The highest BCUT2D eigenvalue weighted by Crippen LogP contribution is 2.57. The SMILES string of the molecule is CNCCN(C)OP(=O)(O)OP(=O)(O)O. The fraction of sp³-hybridized carbons (Fsp3) is 1.00. The summed E-state index contributed by atoms with van der Waals surface area (Å²) in [5.74, 6) is 0. The molecule has 0 aliphatic carbocycles. The lowest BCUT2D eigenvalue weighted by molar-refractivity contribution is -0.0551. The summed E-state index contributed by atoms with van der Waals surface area (Å²) in [5.41, 5.74) is 0. The van der Waals surface area contributed by atoms with Crippen molar-refractivity contribution >= 4 is 15.6 Å². The lowest BCUT2D eigenvalue weighted by Crippen LogP contribution is -2.26. The van der Waals surface area contributed by atoms with Crippen LogP contribution in [0.2, 0.25) is 0 Å². The molecule has 0 fully saturated rings. The molecule has 0 amide bonds. The van der Waals surface area contributed by atoms with Crippen molar-refractivity contribution in [1.82, 2.24) is 10.4 Å². The summed E-state index contributed by atoms with van der Waals surface area (Å²) in [4.78, 5) is 25.5. The Bertz CT molecular complexity index is 278. The van der Waals surface area contributed by atoms with Crippen LogP contribution in [0.5, 0.6) is 0 Å². The van der Waals surface area contributed by atoms with Crippen molar-refractivity contribution in [2.75, 3.05) is 27.2 Å². The highest BCUT2D eigenvalue weighted by Gasteiger charge is 2.33. The normalized spacial score (nSPS) is 16.7. The third-order valence-electron chi connectivity index (χ3n) is 1.13. The van der Waals surface area contributed by atoms with E-state index in [2.05, 4.69) is 14.3 Å². The first-order chi connectivity index (χ1) is 6.66. The summed E-state index contributed by atoms with van der Waals surface area (Å²) in [6.07, 6.45) is 0. The van der Waals surface area contributed by atoms with E-state index in [1.165, 1.54) is 7.05 Å². The minimum absolute atomic E-state index is 0.242. The van der Waals surface area contributed by atoms with Crippen LogP contribution in [-0.2, 0) is 18.1 Å². The van der Waals surface area contributed by atoms with Crippen LogP contribution >= 0.6 is 15.6 Å². The third kappa shape index (κ3) is 9.13. The zero-order valence-electron chi connectivity index (χ0n) is 8.23. The molecule has 0 rings (SSSR count). The molecule has 4 N–H and O–H groups in total. The summed E-state index contributed by atoms with van der Waals surface area (Å²) in [6, 6.07) is 0. The molecule has 0 heterocycles. The lowest BCUT2D eigenvalue weighted by atomic mass is 10.6. The molecule has 92 valence electrons. The van der Waals surface area contributed by atoms with E-state index in [9.17, 15) is 9.13 Å². The van der Waals surface area contributed by atoms with Crippen LogP contribution in [0, 0.1) is 0 Å². The molecule has 0 aromatic heterocycles. The quantitative estimate of drug-likeness (QED) is 0.347. The molecule has 9 nitrogen and oxygen atoms in total. The average molecular weight is 264 g/mol. The molecule has 0 bridgehead atoms.